The van der Waals surface area contributed by atoms with E-state index in [1.54, 1.807) is 37.3 Å². The number of ether oxygens (including phenoxy) is 2. The molecule has 0 radical (unpaired) electrons. The van der Waals surface area contributed by atoms with Gasteiger partial charge in [-0.25, -0.2) is 0 Å². The molecule has 2 aromatic heterocycles. The molecular formula is C23H21N5O4. The van der Waals surface area contributed by atoms with Crippen molar-refractivity contribution in [2.75, 3.05) is 25.7 Å². The highest BCUT2D eigenvalue weighted by Crippen LogP contribution is 2.35. The van der Waals surface area contributed by atoms with E-state index >= 15 is 0 Å². The fourth-order valence-corrected chi connectivity index (χ4v) is 3.78. The van der Waals surface area contributed by atoms with Gasteiger partial charge in [0.05, 0.1) is 25.6 Å². The molecular weight excluding hydrogens is 410 g/mol. The van der Waals surface area contributed by atoms with Crippen LogP contribution in [0, 0.1) is 0 Å². The number of hydrogen-bond donors (Lipinski definition) is 1. The Hall–Kier alpha value is -4.14. The van der Waals surface area contributed by atoms with Crippen molar-refractivity contribution < 1.29 is 18.8 Å². The maximum atomic E-state index is 12.7. The van der Waals surface area contributed by atoms with Crippen LogP contribution in [0.1, 0.15) is 18.2 Å². The van der Waals surface area contributed by atoms with Gasteiger partial charge in [-0.3, -0.25) is 9.89 Å². The molecule has 0 bridgehead atoms. The lowest BCUT2D eigenvalue weighted by molar-refractivity contribution is -0.117. The summed E-state index contributed by atoms with van der Waals surface area (Å²) in [5.74, 6) is 1.85. The lowest BCUT2D eigenvalue weighted by Crippen LogP contribution is -2.24. The number of nitrogens with one attached hydrogen (secondary N) is 1. The van der Waals surface area contributed by atoms with Crippen molar-refractivity contribution in [1.29, 1.82) is 0 Å². The first-order valence-electron chi connectivity index (χ1n) is 10.1. The number of H-pyrrole nitrogens is 1. The van der Waals surface area contributed by atoms with Gasteiger partial charge in [0, 0.05) is 42.6 Å². The first-order chi connectivity index (χ1) is 15.6. The Morgan fingerprint density at radius 1 is 1.06 bits per heavy atom. The van der Waals surface area contributed by atoms with Crippen LogP contribution >= 0.6 is 0 Å². The van der Waals surface area contributed by atoms with Crippen molar-refractivity contribution in [1.82, 2.24) is 20.3 Å². The number of amides is 1. The van der Waals surface area contributed by atoms with Crippen LogP contribution in [0.3, 0.4) is 0 Å². The number of anilines is 1. The minimum atomic E-state index is -0.186. The van der Waals surface area contributed by atoms with Crippen molar-refractivity contribution in [2.45, 2.75) is 12.3 Å². The third kappa shape index (κ3) is 3.68. The van der Waals surface area contributed by atoms with Crippen LogP contribution in [0.5, 0.6) is 11.5 Å². The summed E-state index contributed by atoms with van der Waals surface area (Å²) in [7, 11) is 3.15. The predicted octanol–water partition coefficient (Wildman–Crippen LogP) is 3.66. The molecule has 1 saturated heterocycles. The molecule has 0 aliphatic carbocycles. The summed E-state index contributed by atoms with van der Waals surface area (Å²) in [5.41, 5.74) is 3.11. The lowest BCUT2D eigenvalue weighted by atomic mass is 10.1. The maximum Gasteiger partial charge on any atom is 0.275 e. The van der Waals surface area contributed by atoms with Gasteiger partial charge in [0.25, 0.3) is 5.89 Å². The minimum absolute atomic E-state index is 0.0236. The van der Waals surface area contributed by atoms with E-state index in [2.05, 4.69) is 20.3 Å². The van der Waals surface area contributed by atoms with E-state index in [4.69, 9.17) is 14.0 Å². The zero-order chi connectivity index (χ0) is 22.1. The molecule has 4 aromatic rings. The summed E-state index contributed by atoms with van der Waals surface area (Å²) in [6.45, 7) is 0.437. The van der Waals surface area contributed by atoms with Gasteiger partial charge in [0.2, 0.25) is 5.91 Å². The number of rotatable bonds is 6. The molecule has 1 amide bonds. The van der Waals surface area contributed by atoms with Gasteiger partial charge in [0.1, 0.15) is 17.2 Å². The van der Waals surface area contributed by atoms with Gasteiger partial charge in [-0.1, -0.05) is 35.5 Å². The lowest BCUT2D eigenvalue weighted by Gasteiger charge is -2.18. The fraction of sp³-hybridized carbons (Fsp3) is 0.217. The zero-order valence-electron chi connectivity index (χ0n) is 17.6. The fourth-order valence-electron chi connectivity index (χ4n) is 3.78. The van der Waals surface area contributed by atoms with E-state index in [9.17, 15) is 4.79 Å². The highest BCUT2D eigenvalue weighted by Gasteiger charge is 2.35. The summed E-state index contributed by atoms with van der Waals surface area (Å²) < 4.78 is 16.1. The van der Waals surface area contributed by atoms with Crippen LogP contribution in [-0.4, -0.2) is 47.0 Å². The number of carbonyl (C=O) groups is 1. The van der Waals surface area contributed by atoms with Crippen molar-refractivity contribution in [3.8, 4) is 34.3 Å². The Morgan fingerprint density at radius 3 is 2.53 bits per heavy atom. The smallest absolute Gasteiger partial charge is 0.275 e. The summed E-state index contributed by atoms with van der Waals surface area (Å²) in [4.78, 5) is 18.9. The predicted molar refractivity (Wildman–Crippen MR) is 117 cm³/mol. The molecule has 3 heterocycles. The van der Waals surface area contributed by atoms with Gasteiger partial charge in [-0.2, -0.15) is 10.1 Å². The average Bonchev–Trinajstić information content (AvgIpc) is 3.58. The largest absolute Gasteiger partial charge is 0.497 e. The highest BCUT2D eigenvalue weighted by atomic mass is 16.5. The van der Waals surface area contributed by atoms with E-state index < -0.39 is 0 Å². The van der Waals surface area contributed by atoms with Crippen LogP contribution in [0.15, 0.2) is 59.1 Å². The Bertz CT molecular complexity index is 1230. The molecule has 1 N–H and O–H groups in total. The second-order valence-electron chi connectivity index (χ2n) is 7.47. The zero-order valence-corrected chi connectivity index (χ0v) is 17.6. The number of hydrogen-bond acceptors (Lipinski definition) is 7. The van der Waals surface area contributed by atoms with E-state index in [-0.39, 0.29) is 18.2 Å². The average molecular weight is 431 g/mol. The molecule has 0 saturated carbocycles. The number of benzene rings is 2. The summed E-state index contributed by atoms with van der Waals surface area (Å²) in [6, 6.07) is 17.1. The molecule has 9 nitrogen and oxygen atoms in total. The molecule has 5 rings (SSSR count). The third-order valence-electron chi connectivity index (χ3n) is 5.46. The van der Waals surface area contributed by atoms with Crippen molar-refractivity contribution in [3.05, 3.63) is 60.4 Å². The summed E-state index contributed by atoms with van der Waals surface area (Å²) >= 11 is 0. The van der Waals surface area contributed by atoms with Gasteiger partial charge in [-0.05, 0) is 6.07 Å². The van der Waals surface area contributed by atoms with Crippen molar-refractivity contribution >= 4 is 11.6 Å². The summed E-state index contributed by atoms with van der Waals surface area (Å²) in [5, 5.41) is 11.4. The molecule has 0 spiro atoms. The van der Waals surface area contributed by atoms with Gasteiger partial charge in [0.15, 0.2) is 5.82 Å². The Balaban J connectivity index is 1.36. The van der Waals surface area contributed by atoms with Gasteiger partial charge in [-0.15, -0.1) is 0 Å². The number of nitrogens with zero attached hydrogens (tertiary/aromatic N) is 4. The molecule has 1 fully saturated rings. The monoisotopic (exact) mass is 431 g/mol. The van der Waals surface area contributed by atoms with E-state index in [1.165, 1.54) is 0 Å². The second-order valence-corrected chi connectivity index (χ2v) is 7.47. The highest BCUT2D eigenvalue weighted by molar-refractivity contribution is 5.96. The van der Waals surface area contributed by atoms with Gasteiger partial charge < -0.3 is 18.9 Å². The van der Waals surface area contributed by atoms with Crippen LogP contribution in [0.4, 0.5) is 5.69 Å². The summed E-state index contributed by atoms with van der Waals surface area (Å²) in [6.07, 6.45) is 0.288. The molecule has 162 valence electrons. The Kier molecular flexibility index (Phi) is 5.06. The minimum Gasteiger partial charge on any atom is -0.497 e. The first kappa shape index (κ1) is 19.8. The Labute approximate surface area is 184 Å². The molecule has 1 atom stereocenters. The van der Waals surface area contributed by atoms with Crippen LogP contribution in [0.2, 0.25) is 0 Å². The number of methoxy groups -OCH3 is 2. The molecule has 32 heavy (non-hydrogen) atoms. The molecule has 2 aromatic carbocycles. The SMILES string of the molecule is COc1cc(OC)cc(N2CC(c3noc(-c4cc(-c5ccccc5)n[nH]4)n3)CC2=O)c1. The quantitative estimate of drug-likeness (QED) is 0.496. The van der Waals surface area contributed by atoms with E-state index in [0.717, 1.165) is 11.3 Å². The van der Waals surface area contributed by atoms with Gasteiger partial charge >= 0.3 is 0 Å². The number of aromatic amines is 1. The Morgan fingerprint density at radius 2 is 1.81 bits per heavy atom. The van der Waals surface area contributed by atoms with Crippen LogP contribution < -0.4 is 14.4 Å². The first-order valence-corrected chi connectivity index (χ1v) is 10.1. The van der Waals surface area contributed by atoms with Crippen molar-refractivity contribution in [3.63, 3.8) is 0 Å². The van der Waals surface area contributed by atoms with Crippen LogP contribution in [0.25, 0.3) is 22.8 Å². The number of carbonyl (C=O) groups excluding carboxylic acids is 1. The molecule has 1 aliphatic heterocycles. The van der Waals surface area contributed by atoms with Crippen molar-refractivity contribution in [2.24, 2.45) is 0 Å². The normalized spacial score (nSPS) is 15.9. The molecule has 9 heteroatoms. The standard InChI is InChI=1S/C23H21N5O4/c1-30-17-9-16(10-18(11-17)31-2)28-13-15(8-21(28)29)22-24-23(32-27-22)20-12-19(25-26-20)14-6-4-3-5-7-14/h3-7,9-12,15H,8,13H2,1-2H3,(H,25,26). The maximum absolute atomic E-state index is 12.7. The van der Waals surface area contributed by atoms with E-state index in [1.807, 2.05) is 36.4 Å². The third-order valence-corrected chi connectivity index (χ3v) is 5.46. The number of aromatic nitrogens is 4. The topological polar surface area (TPSA) is 106 Å². The molecule has 1 aliphatic rings. The van der Waals surface area contributed by atoms with E-state index in [0.29, 0.717) is 41.1 Å². The second kappa shape index (κ2) is 8.18. The van der Waals surface area contributed by atoms with Crippen LogP contribution in [-0.2, 0) is 4.79 Å². The molecule has 1 unspecified atom stereocenters.